The van der Waals surface area contributed by atoms with Gasteiger partial charge in [-0.1, -0.05) is 29.8 Å². The summed E-state index contributed by atoms with van der Waals surface area (Å²) in [6.07, 6.45) is 5.23. The SMILES string of the molecule is O=C(N(Cc1ccccn1)CC1CCCO1)C1(c2ccc(Cl)cc2)CCOCC1. The molecule has 0 bridgehead atoms. The number of pyridine rings is 1. The molecule has 1 unspecified atom stereocenters. The highest BCUT2D eigenvalue weighted by Crippen LogP contribution is 2.38. The zero-order chi connectivity index (χ0) is 20.1. The van der Waals surface area contributed by atoms with E-state index in [-0.39, 0.29) is 12.0 Å². The van der Waals surface area contributed by atoms with Gasteiger partial charge in [0.2, 0.25) is 5.91 Å². The van der Waals surface area contributed by atoms with Gasteiger partial charge in [-0.15, -0.1) is 0 Å². The third kappa shape index (κ3) is 4.63. The third-order valence-electron chi connectivity index (χ3n) is 5.97. The summed E-state index contributed by atoms with van der Waals surface area (Å²) in [7, 11) is 0. The van der Waals surface area contributed by atoms with Crippen LogP contribution < -0.4 is 0 Å². The van der Waals surface area contributed by atoms with E-state index in [0.717, 1.165) is 30.7 Å². The summed E-state index contributed by atoms with van der Waals surface area (Å²) in [5.74, 6) is 0.129. The fourth-order valence-electron chi connectivity index (χ4n) is 4.36. The molecule has 0 saturated carbocycles. The van der Waals surface area contributed by atoms with Crippen LogP contribution >= 0.6 is 11.6 Å². The highest BCUT2D eigenvalue weighted by Gasteiger charge is 2.44. The van der Waals surface area contributed by atoms with Gasteiger partial charge in [-0.25, -0.2) is 0 Å². The Bertz CT molecular complexity index is 801. The summed E-state index contributed by atoms with van der Waals surface area (Å²) in [6, 6.07) is 13.5. The molecule has 2 saturated heterocycles. The summed E-state index contributed by atoms with van der Waals surface area (Å²) in [5.41, 5.74) is 1.29. The smallest absolute Gasteiger partial charge is 0.233 e. The maximum Gasteiger partial charge on any atom is 0.233 e. The Morgan fingerprint density at radius 3 is 2.59 bits per heavy atom. The van der Waals surface area contributed by atoms with Crippen LogP contribution in [0, 0.1) is 0 Å². The highest BCUT2D eigenvalue weighted by molar-refractivity contribution is 6.30. The lowest BCUT2D eigenvalue weighted by Crippen LogP contribution is -2.51. The number of benzene rings is 1. The van der Waals surface area contributed by atoms with Crippen molar-refractivity contribution in [2.75, 3.05) is 26.4 Å². The molecular formula is C23H27ClN2O3. The molecule has 2 aliphatic rings. The van der Waals surface area contributed by atoms with Crippen LogP contribution in [0.1, 0.15) is 36.9 Å². The maximum atomic E-state index is 14.1. The quantitative estimate of drug-likeness (QED) is 0.717. The van der Waals surface area contributed by atoms with Crippen molar-refractivity contribution < 1.29 is 14.3 Å². The molecule has 2 fully saturated rings. The van der Waals surface area contributed by atoms with Gasteiger partial charge in [-0.3, -0.25) is 9.78 Å². The van der Waals surface area contributed by atoms with Gasteiger partial charge >= 0.3 is 0 Å². The molecule has 6 heteroatoms. The Balaban J connectivity index is 1.65. The Kier molecular flexibility index (Phi) is 6.48. The van der Waals surface area contributed by atoms with Gasteiger partial charge < -0.3 is 14.4 Å². The monoisotopic (exact) mass is 414 g/mol. The number of nitrogens with zero attached hydrogens (tertiary/aromatic N) is 2. The van der Waals surface area contributed by atoms with Crippen molar-refractivity contribution in [2.24, 2.45) is 0 Å². The van der Waals surface area contributed by atoms with Crippen LogP contribution in [-0.4, -0.2) is 48.3 Å². The van der Waals surface area contributed by atoms with Crippen LogP contribution in [-0.2, 0) is 26.2 Å². The fourth-order valence-corrected chi connectivity index (χ4v) is 4.48. The number of ether oxygens (including phenoxy) is 2. The van der Waals surface area contributed by atoms with E-state index >= 15 is 0 Å². The van der Waals surface area contributed by atoms with Crippen molar-refractivity contribution in [1.29, 1.82) is 0 Å². The minimum absolute atomic E-state index is 0.0878. The molecule has 3 heterocycles. The van der Waals surface area contributed by atoms with Crippen molar-refractivity contribution >= 4 is 17.5 Å². The summed E-state index contributed by atoms with van der Waals surface area (Å²) < 4.78 is 11.5. The standard InChI is InChI=1S/C23H27ClN2O3/c24-19-8-6-18(7-9-19)23(10-14-28-15-11-23)22(27)26(17-21-5-3-13-29-21)16-20-4-1-2-12-25-20/h1-2,4,6-9,12,21H,3,5,10-11,13-17H2. The Morgan fingerprint density at radius 2 is 1.93 bits per heavy atom. The minimum Gasteiger partial charge on any atom is -0.381 e. The lowest BCUT2D eigenvalue weighted by Gasteiger charge is -2.40. The highest BCUT2D eigenvalue weighted by atomic mass is 35.5. The first-order chi connectivity index (χ1) is 14.2. The predicted octanol–water partition coefficient (Wildman–Crippen LogP) is 3.99. The molecule has 1 amide bonds. The molecule has 0 N–H and O–H groups in total. The molecule has 0 spiro atoms. The van der Waals surface area contributed by atoms with Gasteiger partial charge in [-0.05, 0) is 55.5 Å². The Hall–Kier alpha value is -1.95. The molecule has 1 aromatic carbocycles. The third-order valence-corrected chi connectivity index (χ3v) is 6.22. The van der Waals surface area contributed by atoms with Crippen LogP contribution in [0.3, 0.4) is 0 Å². The van der Waals surface area contributed by atoms with Crippen LogP contribution in [0.4, 0.5) is 0 Å². The van der Waals surface area contributed by atoms with Crippen LogP contribution in [0.2, 0.25) is 5.02 Å². The number of carbonyl (C=O) groups excluding carboxylic acids is 1. The predicted molar refractivity (Wildman–Crippen MR) is 112 cm³/mol. The van der Waals surface area contributed by atoms with Crippen molar-refractivity contribution in [3.05, 3.63) is 64.9 Å². The van der Waals surface area contributed by atoms with E-state index in [4.69, 9.17) is 21.1 Å². The maximum absolute atomic E-state index is 14.1. The topological polar surface area (TPSA) is 51.7 Å². The number of rotatable bonds is 6. The number of hydrogen-bond donors (Lipinski definition) is 0. The molecule has 0 aliphatic carbocycles. The van der Waals surface area contributed by atoms with Crippen LogP contribution in [0.15, 0.2) is 48.7 Å². The van der Waals surface area contributed by atoms with E-state index in [1.807, 2.05) is 47.4 Å². The lowest BCUT2D eigenvalue weighted by atomic mass is 9.73. The Morgan fingerprint density at radius 1 is 1.14 bits per heavy atom. The van der Waals surface area contributed by atoms with Gasteiger partial charge in [0.1, 0.15) is 0 Å². The van der Waals surface area contributed by atoms with Crippen molar-refractivity contribution in [3.8, 4) is 0 Å². The minimum atomic E-state index is -0.601. The van der Waals surface area contributed by atoms with E-state index in [2.05, 4.69) is 4.98 Å². The van der Waals surface area contributed by atoms with E-state index < -0.39 is 5.41 Å². The molecule has 0 radical (unpaired) electrons. The molecule has 2 aromatic rings. The first kappa shape index (κ1) is 20.3. The zero-order valence-electron chi connectivity index (χ0n) is 16.6. The van der Waals surface area contributed by atoms with E-state index in [0.29, 0.717) is 44.2 Å². The zero-order valence-corrected chi connectivity index (χ0v) is 17.3. The molecular weight excluding hydrogens is 388 g/mol. The van der Waals surface area contributed by atoms with E-state index in [1.165, 1.54) is 0 Å². The fraction of sp³-hybridized carbons (Fsp3) is 0.478. The van der Waals surface area contributed by atoms with Crippen molar-refractivity contribution in [3.63, 3.8) is 0 Å². The molecule has 5 nitrogen and oxygen atoms in total. The molecule has 1 atom stereocenters. The van der Waals surface area contributed by atoms with Crippen molar-refractivity contribution in [1.82, 2.24) is 9.88 Å². The first-order valence-corrected chi connectivity index (χ1v) is 10.7. The summed E-state index contributed by atoms with van der Waals surface area (Å²) >= 11 is 6.11. The van der Waals surface area contributed by atoms with Crippen LogP contribution in [0.25, 0.3) is 0 Å². The van der Waals surface area contributed by atoms with E-state index in [9.17, 15) is 4.79 Å². The number of carbonyl (C=O) groups is 1. The molecule has 2 aliphatic heterocycles. The number of hydrogen-bond acceptors (Lipinski definition) is 4. The average molecular weight is 415 g/mol. The molecule has 1 aromatic heterocycles. The lowest BCUT2D eigenvalue weighted by molar-refractivity contribution is -0.143. The summed E-state index contributed by atoms with van der Waals surface area (Å²) in [4.78, 5) is 20.4. The van der Waals surface area contributed by atoms with Gasteiger partial charge in [0.25, 0.3) is 0 Å². The van der Waals surface area contributed by atoms with Crippen LogP contribution in [0.5, 0.6) is 0 Å². The molecule has 154 valence electrons. The van der Waals surface area contributed by atoms with Gasteiger partial charge in [-0.2, -0.15) is 0 Å². The van der Waals surface area contributed by atoms with Crippen molar-refractivity contribution in [2.45, 2.75) is 43.7 Å². The second kappa shape index (κ2) is 9.24. The first-order valence-electron chi connectivity index (χ1n) is 10.3. The van der Waals surface area contributed by atoms with Gasteiger partial charge in [0, 0.05) is 37.6 Å². The second-order valence-corrected chi connectivity index (χ2v) is 8.28. The number of amides is 1. The molecule has 4 rings (SSSR count). The van der Waals surface area contributed by atoms with Gasteiger partial charge in [0.05, 0.1) is 23.8 Å². The number of aromatic nitrogens is 1. The van der Waals surface area contributed by atoms with Gasteiger partial charge in [0.15, 0.2) is 0 Å². The second-order valence-electron chi connectivity index (χ2n) is 7.84. The summed E-state index contributed by atoms with van der Waals surface area (Å²) in [5, 5.41) is 0.674. The number of halogens is 1. The summed E-state index contributed by atoms with van der Waals surface area (Å²) in [6.45, 7) is 2.99. The van der Waals surface area contributed by atoms with E-state index in [1.54, 1.807) is 6.20 Å². The molecule has 29 heavy (non-hydrogen) atoms. The average Bonchev–Trinajstić information content (AvgIpc) is 3.28. The normalized spacial score (nSPS) is 21.1. The Labute approximate surface area is 177 Å². The largest absolute Gasteiger partial charge is 0.381 e.